The van der Waals surface area contributed by atoms with Crippen molar-refractivity contribution in [1.82, 2.24) is 19.5 Å². The van der Waals surface area contributed by atoms with Crippen LogP contribution in [-0.2, 0) is 4.79 Å². The molecule has 2 aliphatic heterocycles. The van der Waals surface area contributed by atoms with E-state index in [1.165, 1.54) is 23.9 Å². The number of likely N-dealkylation sites (N-methyl/N-ethyl adjacent to an activating group) is 1. The SMILES string of the molecule is CN1CCN(N2C(=O)C(=Cc3cccn3-c3ccc([N+](=O)[O-])cc3)SC2=S)CC1. The molecule has 2 aliphatic rings. The maximum absolute atomic E-state index is 13.0. The van der Waals surface area contributed by atoms with Gasteiger partial charge in [-0.1, -0.05) is 24.0 Å². The van der Waals surface area contributed by atoms with Crippen molar-refractivity contribution in [3.63, 3.8) is 0 Å². The van der Waals surface area contributed by atoms with Crippen LogP contribution in [-0.4, -0.2) is 67.9 Å². The van der Waals surface area contributed by atoms with Gasteiger partial charge in [0, 0.05) is 55.9 Å². The van der Waals surface area contributed by atoms with E-state index < -0.39 is 4.92 Å². The lowest BCUT2D eigenvalue weighted by Gasteiger charge is -2.37. The van der Waals surface area contributed by atoms with E-state index in [1.54, 1.807) is 17.1 Å². The Bertz CT molecular complexity index is 994. The number of nitro groups is 1. The molecule has 1 aromatic carbocycles. The molecular formula is C19H19N5O3S2. The van der Waals surface area contributed by atoms with Gasteiger partial charge in [0.1, 0.15) is 0 Å². The first kappa shape index (κ1) is 19.8. The minimum Gasteiger partial charge on any atom is -0.317 e. The fourth-order valence-corrected chi connectivity index (χ4v) is 4.61. The average Bonchev–Trinajstić information content (AvgIpc) is 3.27. The Hall–Kier alpha value is -2.53. The van der Waals surface area contributed by atoms with Crippen LogP contribution in [0.1, 0.15) is 5.69 Å². The van der Waals surface area contributed by atoms with Crippen LogP contribution in [0, 0.1) is 10.1 Å². The molecule has 0 saturated carbocycles. The highest BCUT2D eigenvalue weighted by molar-refractivity contribution is 8.26. The van der Waals surface area contributed by atoms with Gasteiger partial charge in [-0.05, 0) is 37.4 Å². The normalized spacial score (nSPS) is 20.0. The van der Waals surface area contributed by atoms with Crippen LogP contribution in [0.2, 0.25) is 0 Å². The van der Waals surface area contributed by atoms with E-state index in [4.69, 9.17) is 12.2 Å². The maximum atomic E-state index is 13.0. The molecule has 1 aromatic heterocycles. The number of carbonyl (C=O) groups excluding carboxylic acids is 1. The number of thiocarbonyl (C=S) groups is 1. The van der Waals surface area contributed by atoms with Gasteiger partial charge in [-0.25, -0.2) is 10.0 Å². The predicted molar refractivity (Wildman–Crippen MR) is 117 cm³/mol. The number of non-ortho nitro benzene ring substituents is 1. The standard InChI is InChI=1S/C19H19N5O3S2/c1-20-9-11-21(12-10-20)23-18(25)17(29-19(23)28)13-16-3-2-8-22(16)14-4-6-15(7-5-14)24(26)27/h2-8,13H,9-12H2,1H3. The summed E-state index contributed by atoms with van der Waals surface area (Å²) in [6, 6.07) is 10.1. The van der Waals surface area contributed by atoms with Gasteiger partial charge in [-0.15, -0.1) is 0 Å². The molecule has 4 rings (SSSR count). The number of benzene rings is 1. The van der Waals surface area contributed by atoms with Crippen molar-refractivity contribution in [1.29, 1.82) is 0 Å². The van der Waals surface area contributed by atoms with Gasteiger partial charge < -0.3 is 9.47 Å². The van der Waals surface area contributed by atoms with E-state index in [-0.39, 0.29) is 11.6 Å². The highest BCUT2D eigenvalue weighted by Gasteiger charge is 2.37. The monoisotopic (exact) mass is 429 g/mol. The Kier molecular flexibility index (Phi) is 5.50. The number of carbonyl (C=O) groups is 1. The Labute approximate surface area is 177 Å². The summed E-state index contributed by atoms with van der Waals surface area (Å²) in [5, 5.41) is 14.5. The van der Waals surface area contributed by atoms with Crippen molar-refractivity contribution >= 4 is 46.0 Å². The fraction of sp³-hybridized carbons (Fsp3) is 0.263. The Morgan fingerprint density at radius 2 is 1.83 bits per heavy atom. The number of amides is 1. The number of nitro benzene ring substituents is 1. The molecule has 150 valence electrons. The van der Waals surface area contributed by atoms with Crippen molar-refractivity contribution in [3.8, 4) is 5.69 Å². The summed E-state index contributed by atoms with van der Waals surface area (Å²) in [7, 11) is 2.06. The zero-order valence-corrected chi connectivity index (χ0v) is 17.4. The maximum Gasteiger partial charge on any atom is 0.281 e. The number of hydrogen-bond acceptors (Lipinski definition) is 7. The van der Waals surface area contributed by atoms with Crippen molar-refractivity contribution in [2.45, 2.75) is 0 Å². The third kappa shape index (κ3) is 3.97. The lowest BCUT2D eigenvalue weighted by atomic mass is 10.2. The molecule has 2 fully saturated rings. The number of rotatable bonds is 4. The molecule has 0 bridgehead atoms. The Balaban J connectivity index is 1.58. The third-order valence-electron chi connectivity index (χ3n) is 4.93. The lowest BCUT2D eigenvalue weighted by molar-refractivity contribution is -0.384. The molecule has 2 aromatic rings. The van der Waals surface area contributed by atoms with Crippen LogP contribution < -0.4 is 0 Å². The van der Waals surface area contributed by atoms with E-state index in [0.29, 0.717) is 9.23 Å². The largest absolute Gasteiger partial charge is 0.317 e. The zero-order valence-electron chi connectivity index (χ0n) is 15.7. The van der Waals surface area contributed by atoms with E-state index in [2.05, 4.69) is 11.9 Å². The molecule has 8 nitrogen and oxygen atoms in total. The summed E-state index contributed by atoms with van der Waals surface area (Å²) < 4.78 is 2.42. The first-order chi connectivity index (χ1) is 13.9. The second-order valence-corrected chi connectivity index (χ2v) is 8.50. The van der Waals surface area contributed by atoms with Crippen molar-refractivity contribution in [2.24, 2.45) is 0 Å². The van der Waals surface area contributed by atoms with Gasteiger partial charge in [0.15, 0.2) is 4.32 Å². The second-order valence-electron chi connectivity index (χ2n) is 6.83. The molecule has 0 spiro atoms. The molecule has 0 atom stereocenters. The molecule has 0 N–H and O–H groups in total. The topological polar surface area (TPSA) is 74.9 Å². The molecular weight excluding hydrogens is 410 g/mol. The van der Waals surface area contributed by atoms with E-state index in [1.807, 2.05) is 34.0 Å². The summed E-state index contributed by atoms with van der Waals surface area (Å²) in [5.41, 5.74) is 1.62. The third-order valence-corrected chi connectivity index (χ3v) is 6.22. The van der Waals surface area contributed by atoms with Crippen LogP contribution in [0.4, 0.5) is 5.69 Å². The molecule has 0 aliphatic carbocycles. The summed E-state index contributed by atoms with van der Waals surface area (Å²) in [6.07, 6.45) is 3.67. The Morgan fingerprint density at radius 3 is 2.48 bits per heavy atom. The molecule has 0 radical (unpaired) electrons. The van der Waals surface area contributed by atoms with Gasteiger partial charge in [0.25, 0.3) is 11.6 Å². The molecule has 10 heteroatoms. The predicted octanol–water partition coefficient (Wildman–Crippen LogP) is 2.75. The number of nitrogens with zero attached hydrogens (tertiary/aromatic N) is 5. The van der Waals surface area contributed by atoms with Gasteiger partial charge in [0.05, 0.1) is 9.83 Å². The highest BCUT2D eigenvalue weighted by atomic mass is 32.2. The van der Waals surface area contributed by atoms with Gasteiger partial charge in [-0.3, -0.25) is 14.9 Å². The zero-order chi connectivity index (χ0) is 20.5. The van der Waals surface area contributed by atoms with E-state index in [0.717, 1.165) is 37.6 Å². The van der Waals surface area contributed by atoms with Crippen LogP contribution in [0.25, 0.3) is 11.8 Å². The first-order valence-corrected chi connectivity index (χ1v) is 10.3. The van der Waals surface area contributed by atoms with Crippen LogP contribution >= 0.6 is 24.0 Å². The molecule has 1 amide bonds. The number of thioether (sulfide) groups is 1. The summed E-state index contributed by atoms with van der Waals surface area (Å²) in [6.45, 7) is 3.29. The number of hydrogen-bond donors (Lipinski definition) is 0. The fourth-order valence-electron chi connectivity index (χ4n) is 3.32. The molecule has 29 heavy (non-hydrogen) atoms. The number of aromatic nitrogens is 1. The van der Waals surface area contributed by atoms with Crippen molar-refractivity contribution in [2.75, 3.05) is 33.2 Å². The molecule has 2 saturated heterocycles. The molecule has 0 unspecified atom stereocenters. The van der Waals surface area contributed by atoms with Gasteiger partial charge in [0.2, 0.25) is 0 Å². The number of piperazine rings is 1. The van der Waals surface area contributed by atoms with E-state index in [9.17, 15) is 14.9 Å². The van der Waals surface area contributed by atoms with Crippen molar-refractivity contribution < 1.29 is 9.72 Å². The summed E-state index contributed by atoms with van der Waals surface area (Å²) in [4.78, 5) is 26.2. The minimum absolute atomic E-state index is 0.0375. The van der Waals surface area contributed by atoms with Crippen LogP contribution in [0.5, 0.6) is 0 Å². The summed E-state index contributed by atoms with van der Waals surface area (Å²) in [5.74, 6) is -0.110. The van der Waals surface area contributed by atoms with E-state index >= 15 is 0 Å². The van der Waals surface area contributed by atoms with Gasteiger partial charge in [-0.2, -0.15) is 0 Å². The highest BCUT2D eigenvalue weighted by Crippen LogP contribution is 2.34. The second kappa shape index (κ2) is 8.07. The Morgan fingerprint density at radius 1 is 1.14 bits per heavy atom. The smallest absolute Gasteiger partial charge is 0.281 e. The first-order valence-electron chi connectivity index (χ1n) is 9.07. The van der Waals surface area contributed by atoms with Crippen LogP contribution in [0.3, 0.4) is 0 Å². The quantitative estimate of drug-likeness (QED) is 0.320. The lowest BCUT2D eigenvalue weighted by Crippen LogP contribution is -2.54. The van der Waals surface area contributed by atoms with Crippen molar-refractivity contribution in [3.05, 3.63) is 63.3 Å². The summed E-state index contributed by atoms with van der Waals surface area (Å²) >= 11 is 6.76. The van der Waals surface area contributed by atoms with Crippen LogP contribution in [0.15, 0.2) is 47.5 Å². The number of hydrazine groups is 1. The van der Waals surface area contributed by atoms with Gasteiger partial charge >= 0.3 is 0 Å². The minimum atomic E-state index is -0.427. The average molecular weight is 430 g/mol. The molecule has 3 heterocycles.